The van der Waals surface area contributed by atoms with Gasteiger partial charge in [0.15, 0.2) is 5.82 Å². The molecule has 2 aromatic heterocycles. The van der Waals surface area contributed by atoms with Gasteiger partial charge in [0.2, 0.25) is 0 Å². The third-order valence-corrected chi connectivity index (χ3v) is 2.42. The van der Waals surface area contributed by atoms with Crippen LogP contribution in [-0.4, -0.2) is 52.7 Å². The number of aromatic nitrogens is 3. The molecular weight excluding hydrogens is 232 g/mol. The molecule has 2 N–H and O–H groups in total. The second-order valence-corrected chi connectivity index (χ2v) is 3.99. The second-order valence-electron chi connectivity index (χ2n) is 3.99. The van der Waals surface area contributed by atoms with Gasteiger partial charge in [-0.15, -0.1) is 0 Å². The van der Waals surface area contributed by atoms with E-state index in [0.29, 0.717) is 13.1 Å². The molecular formula is C11H16N6O. The summed E-state index contributed by atoms with van der Waals surface area (Å²) in [6.07, 6.45) is 5.19. The highest BCUT2D eigenvalue weighted by Crippen LogP contribution is 2.11. The van der Waals surface area contributed by atoms with Crippen LogP contribution in [0.2, 0.25) is 0 Å². The van der Waals surface area contributed by atoms with Gasteiger partial charge < -0.3 is 15.5 Å². The second kappa shape index (κ2) is 5.35. The van der Waals surface area contributed by atoms with E-state index in [-0.39, 0.29) is 6.03 Å². The van der Waals surface area contributed by atoms with Crippen molar-refractivity contribution in [2.24, 2.45) is 0 Å². The summed E-state index contributed by atoms with van der Waals surface area (Å²) < 4.78 is 1.74. The minimum absolute atomic E-state index is 0.104. The molecule has 0 spiro atoms. The number of anilines is 1. The van der Waals surface area contributed by atoms with Crippen LogP contribution in [0.25, 0.3) is 5.52 Å². The highest BCUT2D eigenvalue weighted by atomic mass is 16.2. The average molecular weight is 248 g/mol. The standard InChI is InChI=1S/C11H16N6O/c1-16(2)11(18)14-6-5-12-10-9-3-4-15-17(9)8-7-13-10/h3-4,7-8H,5-6H2,1-2H3,(H,12,13)(H,14,18). The molecule has 2 heterocycles. The fourth-order valence-electron chi connectivity index (χ4n) is 1.50. The van der Waals surface area contributed by atoms with Crippen molar-refractivity contribution in [3.05, 3.63) is 24.7 Å². The number of carbonyl (C=O) groups excluding carboxylic acids is 1. The van der Waals surface area contributed by atoms with Crippen LogP contribution in [-0.2, 0) is 0 Å². The minimum Gasteiger partial charge on any atom is -0.367 e. The normalized spacial score (nSPS) is 10.3. The van der Waals surface area contributed by atoms with Crippen LogP contribution in [0.4, 0.5) is 10.6 Å². The number of amides is 2. The van der Waals surface area contributed by atoms with Crippen LogP contribution in [0.15, 0.2) is 24.7 Å². The molecule has 0 saturated heterocycles. The average Bonchev–Trinajstić information content (AvgIpc) is 2.83. The van der Waals surface area contributed by atoms with Crippen LogP contribution in [0.3, 0.4) is 0 Å². The summed E-state index contributed by atoms with van der Waals surface area (Å²) in [4.78, 5) is 17.0. The number of urea groups is 1. The van der Waals surface area contributed by atoms with Gasteiger partial charge in [-0.3, -0.25) is 0 Å². The lowest BCUT2D eigenvalue weighted by atomic mass is 10.4. The Morgan fingerprint density at radius 1 is 1.39 bits per heavy atom. The number of fused-ring (bicyclic) bond motifs is 1. The molecule has 2 amide bonds. The van der Waals surface area contributed by atoms with Gasteiger partial charge in [-0.1, -0.05) is 0 Å². The maximum absolute atomic E-state index is 11.3. The Morgan fingerprint density at radius 2 is 2.22 bits per heavy atom. The van der Waals surface area contributed by atoms with Crippen molar-refractivity contribution in [2.75, 3.05) is 32.5 Å². The van der Waals surface area contributed by atoms with Gasteiger partial charge >= 0.3 is 6.03 Å². The van der Waals surface area contributed by atoms with Gasteiger partial charge in [-0.05, 0) is 6.07 Å². The van der Waals surface area contributed by atoms with Gasteiger partial charge in [0.1, 0.15) is 5.52 Å². The van der Waals surface area contributed by atoms with E-state index in [4.69, 9.17) is 0 Å². The zero-order chi connectivity index (χ0) is 13.0. The van der Waals surface area contributed by atoms with E-state index in [0.717, 1.165) is 11.3 Å². The molecule has 96 valence electrons. The number of hydrogen-bond acceptors (Lipinski definition) is 4. The SMILES string of the molecule is CN(C)C(=O)NCCNc1nccn2nccc12. The van der Waals surface area contributed by atoms with E-state index in [1.165, 1.54) is 4.90 Å². The molecule has 7 heteroatoms. The first-order valence-corrected chi connectivity index (χ1v) is 5.66. The number of rotatable bonds is 4. The van der Waals surface area contributed by atoms with E-state index in [1.54, 1.807) is 37.2 Å². The van der Waals surface area contributed by atoms with Crippen molar-refractivity contribution < 1.29 is 4.79 Å². The van der Waals surface area contributed by atoms with Gasteiger partial charge in [0.25, 0.3) is 0 Å². The number of nitrogens with zero attached hydrogens (tertiary/aromatic N) is 4. The molecule has 0 saturated carbocycles. The number of carbonyl (C=O) groups is 1. The van der Waals surface area contributed by atoms with E-state index in [9.17, 15) is 4.79 Å². The molecule has 0 unspecified atom stereocenters. The molecule has 0 radical (unpaired) electrons. The largest absolute Gasteiger partial charge is 0.367 e. The summed E-state index contributed by atoms with van der Waals surface area (Å²) in [6.45, 7) is 1.14. The smallest absolute Gasteiger partial charge is 0.316 e. The summed E-state index contributed by atoms with van der Waals surface area (Å²) in [5.74, 6) is 0.758. The molecule has 18 heavy (non-hydrogen) atoms. The molecule has 0 fully saturated rings. The summed E-state index contributed by atoms with van der Waals surface area (Å²) in [5, 5.41) is 10.1. The molecule has 0 aliphatic carbocycles. The molecule has 0 aliphatic heterocycles. The van der Waals surface area contributed by atoms with E-state index < -0.39 is 0 Å². The Morgan fingerprint density at radius 3 is 3.00 bits per heavy atom. The zero-order valence-electron chi connectivity index (χ0n) is 10.4. The third kappa shape index (κ3) is 2.68. The first kappa shape index (κ1) is 12.2. The first-order valence-electron chi connectivity index (χ1n) is 5.66. The third-order valence-electron chi connectivity index (χ3n) is 2.42. The van der Waals surface area contributed by atoms with Crippen molar-refractivity contribution in [1.82, 2.24) is 24.8 Å². The van der Waals surface area contributed by atoms with Crippen LogP contribution in [0, 0.1) is 0 Å². The molecule has 2 rings (SSSR count). The highest BCUT2D eigenvalue weighted by Gasteiger charge is 2.03. The summed E-state index contributed by atoms with van der Waals surface area (Å²) in [6, 6.07) is 1.78. The molecule has 7 nitrogen and oxygen atoms in total. The molecule has 0 atom stereocenters. The first-order chi connectivity index (χ1) is 8.68. The van der Waals surface area contributed by atoms with Crippen molar-refractivity contribution >= 4 is 17.4 Å². The van der Waals surface area contributed by atoms with Crippen molar-refractivity contribution in [1.29, 1.82) is 0 Å². The molecule has 2 aromatic rings. The number of nitrogens with one attached hydrogen (secondary N) is 2. The Labute approximate surface area is 105 Å². The van der Waals surface area contributed by atoms with Gasteiger partial charge in [-0.25, -0.2) is 14.3 Å². The maximum atomic E-state index is 11.3. The van der Waals surface area contributed by atoms with Gasteiger partial charge in [0.05, 0.1) is 6.20 Å². The molecule has 0 bridgehead atoms. The van der Waals surface area contributed by atoms with E-state index in [2.05, 4.69) is 20.7 Å². The summed E-state index contributed by atoms with van der Waals surface area (Å²) in [7, 11) is 3.41. The summed E-state index contributed by atoms with van der Waals surface area (Å²) >= 11 is 0. The Kier molecular flexibility index (Phi) is 3.61. The lowest BCUT2D eigenvalue weighted by Gasteiger charge is -2.12. The lowest BCUT2D eigenvalue weighted by molar-refractivity contribution is 0.218. The van der Waals surface area contributed by atoms with Crippen LogP contribution in [0.1, 0.15) is 0 Å². The molecule has 0 aliphatic rings. The Balaban J connectivity index is 1.87. The van der Waals surface area contributed by atoms with Crippen molar-refractivity contribution in [3.63, 3.8) is 0 Å². The fourth-order valence-corrected chi connectivity index (χ4v) is 1.50. The molecule has 0 aromatic carbocycles. The quantitative estimate of drug-likeness (QED) is 0.769. The van der Waals surface area contributed by atoms with Crippen LogP contribution in [0.5, 0.6) is 0 Å². The monoisotopic (exact) mass is 248 g/mol. The van der Waals surface area contributed by atoms with E-state index >= 15 is 0 Å². The maximum Gasteiger partial charge on any atom is 0.316 e. The van der Waals surface area contributed by atoms with Crippen LogP contribution >= 0.6 is 0 Å². The van der Waals surface area contributed by atoms with E-state index in [1.807, 2.05) is 6.07 Å². The predicted octanol–water partition coefficient (Wildman–Crippen LogP) is 0.412. The number of hydrogen-bond donors (Lipinski definition) is 2. The Bertz CT molecular complexity index is 535. The van der Waals surface area contributed by atoms with Gasteiger partial charge in [0, 0.05) is 39.6 Å². The Hall–Kier alpha value is -2.31. The highest BCUT2D eigenvalue weighted by molar-refractivity contribution is 5.73. The van der Waals surface area contributed by atoms with Crippen molar-refractivity contribution in [3.8, 4) is 0 Å². The van der Waals surface area contributed by atoms with Crippen molar-refractivity contribution in [2.45, 2.75) is 0 Å². The predicted molar refractivity (Wildman–Crippen MR) is 68.6 cm³/mol. The topological polar surface area (TPSA) is 74.6 Å². The van der Waals surface area contributed by atoms with Gasteiger partial charge in [-0.2, -0.15) is 5.10 Å². The zero-order valence-corrected chi connectivity index (χ0v) is 10.4. The minimum atomic E-state index is -0.104. The lowest BCUT2D eigenvalue weighted by Crippen LogP contribution is -2.37. The summed E-state index contributed by atoms with van der Waals surface area (Å²) in [5.41, 5.74) is 0.913. The fraction of sp³-hybridized carbons (Fsp3) is 0.364. The van der Waals surface area contributed by atoms with Crippen LogP contribution < -0.4 is 10.6 Å².